The van der Waals surface area contributed by atoms with E-state index in [0.717, 1.165) is 61.3 Å². The lowest BCUT2D eigenvalue weighted by Gasteiger charge is -2.25. The summed E-state index contributed by atoms with van der Waals surface area (Å²) in [6, 6.07) is 12.6. The fraction of sp³-hybridized carbons (Fsp3) is 0.481. The molecule has 0 saturated carbocycles. The number of carbonyl (C=O) groups is 2. The fourth-order valence-electron chi connectivity index (χ4n) is 5.64. The highest BCUT2D eigenvalue weighted by molar-refractivity contribution is 7.92. The lowest BCUT2D eigenvalue weighted by molar-refractivity contribution is -0.133. The Morgan fingerprint density at radius 2 is 1.57 bits per heavy atom. The second kappa shape index (κ2) is 9.64. The zero-order valence-electron chi connectivity index (χ0n) is 20.3. The Morgan fingerprint density at radius 1 is 0.857 bits per heavy atom. The van der Waals surface area contributed by atoms with Gasteiger partial charge in [-0.15, -0.1) is 0 Å². The van der Waals surface area contributed by atoms with E-state index in [0.29, 0.717) is 19.4 Å². The summed E-state index contributed by atoms with van der Waals surface area (Å²) in [6.45, 7) is 4.02. The maximum atomic E-state index is 13.6. The first-order chi connectivity index (χ1) is 16.9. The predicted molar refractivity (Wildman–Crippen MR) is 136 cm³/mol. The van der Waals surface area contributed by atoms with Crippen molar-refractivity contribution in [3.8, 4) is 0 Å². The van der Waals surface area contributed by atoms with Crippen LogP contribution in [0, 0.1) is 0 Å². The van der Waals surface area contributed by atoms with Crippen LogP contribution >= 0.6 is 0 Å². The van der Waals surface area contributed by atoms with Crippen molar-refractivity contribution in [3.63, 3.8) is 0 Å². The van der Waals surface area contributed by atoms with E-state index in [1.807, 2.05) is 36.1 Å². The molecule has 2 amide bonds. The molecule has 1 saturated heterocycles. The zero-order chi connectivity index (χ0) is 24.6. The van der Waals surface area contributed by atoms with E-state index in [1.165, 1.54) is 4.31 Å². The van der Waals surface area contributed by atoms with Gasteiger partial charge < -0.3 is 9.80 Å². The van der Waals surface area contributed by atoms with Crippen LogP contribution < -0.4 is 9.21 Å². The number of nitrogens with zero attached hydrogens (tertiary/aromatic N) is 3. The normalized spacial score (nSPS) is 19.9. The zero-order valence-corrected chi connectivity index (χ0v) is 21.1. The van der Waals surface area contributed by atoms with Gasteiger partial charge in [-0.3, -0.25) is 13.9 Å². The van der Waals surface area contributed by atoms with Gasteiger partial charge in [0, 0.05) is 44.2 Å². The van der Waals surface area contributed by atoms with E-state index in [-0.39, 0.29) is 35.6 Å². The summed E-state index contributed by atoms with van der Waals surface area (Å²) in [4.78, 5) is 29.4. The van der Waals surface area contributed by atoms with Crippen LogP contribution in [0.1, 0.15) is 56.6 Å². The highest BCUT2D eigenvalue weighted by Crippen LogP contribution is 2.38. The van der Waals surface area contributed by atoms with Crippen LogP contribution in [-0.4, -0.2) is 50.8 Å². The van der Waals surface area contributed by atoms with Gasteiger partial charge >= 0.3 is 0 Å². The predicted octanol–water partition coefficient (Wildman–Crippen LogP) is 3.90. The quantitative estimate of drug-likeness (QED) is 0.630. The molecule has 0 bridgehead atoms. The van der Waals surface area contributed by atoms with Crippen LogP contribution in [0.5, 0.6) is 0 Å². The minimum absolute atomic E-state index is 0.0566. The number of sulfonamides is 1. The number of rotatable bonds is 5. The second-order valence-electron chi connectivity index (χ2n) is 9.86. The van der Waals surface area contributed by atoms with E-state index in [4.69, 9.17) is 0 Å². The van der Waals surface area contributed by atoms with E-state index in [9.17, 15) is 18.0 Å². The Labute approximate surface area is 207 Å². The number of hydrogen-bond donors (Lipinski definition) is 0. The average Bonchev–Trinajstić information content (AvgIpc) is 3.31. The first-order valence-corrected chi connectivity index (χ1v) is 14.1. The summed E-state index contributed by atoms with van der Waals surface area (Å²) >= 11 is 0. The highest BCUT2D eigenvalue weighted by Gasteiger charge is 2.37. The molecule has 3 aliphatic rings. The Kier molecular flexibility index (Phi) is 6.57. The van der Waals surface area contributed by atoms with Crippen LogP contribution in [0.2, 0.25) is 0 Å². The molecule has 7 nitrogen and oxygen atoms in total. The Bertz CT molecular complexity index is 1230. The summed E-state index contributed by atoms with van der Waals surface area (Å²) in [7, 11) is -3.72. The van der Waals surface area contributed by atoms with Gasteiger partial charge in [-0.2, -0.15) is 0 Å². The van der Waals surface area contributed by atoms with Crippen LogP contribution in [0.3, 0.4) is 0 Å². The lowest BCUT2D eigenvalue weighted by Crippen LogP contribution is -2.35. The standard InChI is InChI=1S/C27H33N3O4S/c1-20-18-21-8-4-5-9-25(21)30(20)35(33,34)23-10-11-24-22(19-23)14-17-29(24)27(32)13-12-26(31)28-15-6-2-3-7-16-28/h4-5,8-11,19-20H,2-3,6-7,12-18H2,1H3/t20-/m1/s1. The molecule has 3 heterocycles. The van der Waals surface area contributed by atoms with E-state index < -0.39 is 10.0 Å². The number of benzene rings is 2. The molecule has 0 unspecified atom stereocenters. The molecule has 0 radical (unpaired) electrons. The number of carbonyl (C=O) groups excluding carboxylic acids is 2. The van der Waals surface area contributed by atoms with Gasteiger partial charge in [0.25, 0.3) is 10.0 Å². The molecule has 35 heavy (non-hydrogen) atoms. The third-order valence-corrected chi connectivity index (χ3v) is 9.38. The molecule has 0 N–H and O–H groups in total. The largest absolute Gasteiger partial charge is 0.343 e. The maximum Gasteiger partial charge on any atom is 0.264 e. The molecule has 2 aromatic carbocycles. The Morgan fingerprint density at radius 3 is 2.34 bits per heavy atom. The monoisotopic (exact) mass is 495 g/mol. The van der Waals surface area contributed by atoms with Crippen LogP contribution in [0.25, 0.3) is 0 Å². The first-order valence-electron chi connectivity index (χ1n) is 12.7. The molecule has 1 fully saturated rings. The van der Waals surface area contributed by atoms with Gasteiger partial charge in [-0.05, 0) is 68.0 Å². The lowest BCUT2D eigenvalue weighted by atomic mass is 10.1. The van der Waals surface area contributed by atoms with Crippen LogP contribution in [0.4, 0.5) is 11.4 Å². The van der Waals surface area contributed by atoms with Crippen molar-refractivity contribution in [3.05, 3.63) is 53.6 Å². The molecule has 0 spiro atoms. The summed E-state index contributed by atoms with van der Waals surface area (Å²) in [5.41, 5.74) is 3.40. The fourth-order valence-corrected chi connectivity index (χ4v) is 7.39. The number of amides is 2. The third kappa shape index (κ3) is 4.56. The molecular formula is C27H33N3O4S. The summed E-state index contributed by atoms with van der Waals surface area (Å²) in [5, 5.41) is 0. The molecule has 5 rings (SSSR count). The molecule has 3 aliphatic heterocycles. The number of para-hydroxylation sites is 1. The molecular weight excluding hydrogens is 462 g/mol. The van der Waals surface area contributed by atoms with Crippen molar-refractivity contribution in [2.75, 3.05) is 28.8 Å². The molecule has 186 valence electrons. The Hall–Kier alpha value is -2.87. The molecule has 2 aromatic rings. The van der Waals surface area contributed by atoms with Crippen molar-refractivity contribution < 1.29 is 18.0 Å². The van der Waals surface area contributed by atoms with Gasteiger partial charge in [0.2, 0.25) is 11.8 Å². The van der Waals surface area contributed by atoms with Crippen molar-refractivity contribution in [2.45, 2.75) is 69.2 Å². The molecule has 0 aliphatic carbocycles. The van der Waals surface area contributed by atoms with Crippen LogP contribution in [0.15, 0.2) is 47.4 Å². The highest BCUT2D eigenvalue weighted by atomic mass is 32.2. The number of hydrogen-bond acceptors (Lipinski definition) is 4. The van der Waals surface area contributed by atoms with Crippen molar-refractivity contribution >= 4 is 33.2 Å². The van der Waals surface area contributed by atoms with E-state index >= 15 is 0 Å². The van der Waals surface area contributed by atoms with Gasteiger partial charge in [0.05, 0.1) is 10.6 Å². The van der Waals surface area contributed by atoms with Gasteiger partial charge in [0.1, 0.15) is 0 Å². The van der Waals surface area contributed by atoms with E-state index in [2.05, 4.69) is 0 Å². The number of likely N-dealkylation sites (tertiary alicyclic amines) is 1. The topological polar surface area (TPSA) is 78.0 Å². The number of anilines is 2. The van der Waals surface area contributed by atoms with Gasteiger partial charge in [-0.1, -0.05) is 31.0 Å². The minimum Gasteiger partial charge on any atom is -0.343 e. The first kappa shape index (κ1) is 23.9. The van der Waals surface area contributed by atoms with Gasteiger partial charge in [-0.25, -0.2) is 8.42 Å². The maximum absolute atomic E-state index is 13.6. The van der Waals surface area contributed by atoms with Crippen molar-refractivity contribution in [2.24, 2.45) is 0 Å². The van der Waals surface area contributed by atoms with Crippen LogP contribution in [-0.2, 0) is 32.5 Å². The average molecular weight is 496 g/mol. The summed E-state index contributed by atoms with van der Waals surface area (Å²) < 4.78 is 28.7. The summed E-state index contributed by atoms with van der Waals surface area (Å²) in [5.74, 6) is -0.0225. The van der Waals surface area contributed by atoms with Crippen molar-refractivity contribution in [1.29, 1.82) is 0 Å². The Balaban J connectivity index is 1.29. The third-order valence-electron chi connectivity index (χ3n) is 7.46. The summed E-state index contributed by atoms with van der Waals surface area (Å²) in [6.07, 6.45) is 6.09. The SMILES string of the molecule is C[C@@H]1Cc2ccccc2N1S(=O)(=O)c1ccc2c(c1)CCN2C(=O)CCC(=O)N1CCCCCC1. The number of fused-ring (bicyclic) bond motifs is 2. The minimum atomic E-state index is -3.72. The van der Waals surface area contributed by atoms with Crippen molar-refractivity contribution in [1.82, 2.24) is 4.90 Å². The van der Waals surface area contributed by atoms with Gasteiger partial charge in [0.15, 0.2) is 0 Å². The smallest absolute Gasteiger partial charge is 0.264 e. The second-order valence-corrected chi connectivity index (χ2v) is 11.7. The molecule has 1 atom stereocenters. The molecule has 0 aromatic heterocycles. The van der Waals surface area contributed by atoms with E-state index in [1.54, 1.807) is 23.1 Å². The molecule has 8 heteroatoms.